The van der Waals surface area contributed by atoms with Crippen LogP contribution in [0.4, 0.5) is 42.1 Å². The van der Waals surface area contributed by atoms with Crippen molar-refractivity contribution >= 4 is 35.0 Å². The second kappa shape index (κ2) is 12.8. The summed E-state index contributed by atoms with van der Waals surface area (Å²) in [5.41, 5.74) is -1.59. The molecule has 0 bridgehead atoms. The number of hydrogen-bond acceptors (Lipinski definition) is 6. The first kappa shape index (κ1) is 37.0. The van der Waals surface area contributed by atoms with Crippen LogP contribution in [0.5, 0.6) is 5.75 Å². The molecular formula is C41H30F7N3O5. The summed E-state index contributed by atoms with van der Waals surface area (Å²) in [5, 5.41) is 12.2. The number of carbonyl (C=O) groups is 4. The molecule has 4 aromatic carbocycles. The van der Waals surface area contributed by atoms with Crippen molar-refractivity contribution in [3.8, 4) is 5.75 Å². The van der Waals surface area contributed by atoms with Crippen molar-refractivity contribution in [2.24, 2.45) is 23.7 Å². The van der Waals surface area contributed by atoms with Crippen molar-refractivity contribution in [1.82, 2.24) is 5.01 Å². The van der Waals surface area contributed by atoms with Gasteiger partial charge in [-0.25, -0.2) is 9.29 Å². The number of fused-ring (bicyclic) bond motifs is 4. The van der Waals surface area contributed by atoms with Crippen LogP contribution in [0.2, 0.25) is 0 Å². The number of amides is 4. The standard InChI is InChI=1S/C41H30F7N3O5/c1-20-10-12-24(13-11-20)49-51-36(54)30-19-29-26(33(28-8-5-9-31(42)34(28)52)39(30,38(51)56)21-6-3-2-4-7-21)14-15-27-32(29)37(55)50(35(27)53)25-17-22(40(43,44)45)16-23(18-25)41(46,47)48/h2-14,16-18,27,29-30,32-33,49,52H,15,19H2,1H3/t27-,29+,30-,32-,33+,39+/m0/s1. The normalized spacial score (nSPS) is 26.2. The number of imide groups is 2. The summed E-state index contributed by atoms with van der Waals surface area (Å²) in [6.07, 6.45) is -9.48. The molecule has 6 atom stereocenters. The molecule has 2 N–H and O–H groups in total. The largest absolute Gasteiger partial charge is 0.505 e. The van der Waals surface area contributed by atoms with Crippen molar-refractivity contribution < 1.29 is 55.0 Å². The first-order chi connectivity index (χ1) is 26.4. The second-order valence-corrected chi connectivity index (χ2v) is 14.5. The molecule has 2 aliphatic heterocycles. The predicted molar refractivity (Wildman–Crippen MR) is 186 cm³/mol. The molecule has 8 nitrogen and oxygen atoms in total. The van der Waals surface area contributed by atoms with Crippen molar-refractivity contribution in [3.05, 3.63) is 136 Å². The SMILES string of the molecule is Cc1ccc(NN2C(=O)[C@@H]3C[C@@H]4C(=CC[C@@H]5C(=O)N(c6cc(C(F)(F)F)cc(C(F)(F)F)c6)C(=O)[C@@H]54)[C@H](c4cccc(F)c4O)[C@]3(c3ccccc3)C2=O)cc1. The summed E-state index contributed by atoms with van der Waals surface area (Å²) < 4.78 is 98.5. The molecule has 0 unspecified atom stereocenters. The van der Waals surface area contributed by atoms with Crippen LogP contribution >= 0.6 is 0 Å². The zero-order valence-electron chi connectivity index (χ0n) is 29.2. The van der Waals surface area contributed by atoms with Crippen LogP contribution in [0.15, 0.2) is 103 Å². The molecule has 4 aliphatic rings. The van der Waals surface area contributed by atoms with Gasteiger partial charge in [-0.1, -0.05) is 71.8 Å². The maximum Gasteiger partial charge on any atom is 0.416 e. The van der Waals surface area contributed by atoms with Gasteiger partial charge in [0.05, 0.1) is 45.7 Å². The molecule has 4 amide bonds. The lowest BCUT2D eigenvalue weighted by Gasteiger charge is -2.50. The van der Waals surface area contributed by atoms with Crippen LogP contribution in [-0.4, -0.2) is 33.7 Å². The van der Waals surface area contributed by atoms with Crippen molar-refractivity contribution in [2.75, 3.05) is 10.3 Å². The lowest BCUT2D eigenvalue weighted by Crippen LogP contribution is -2.53. The zero-order chi connectivity index (χ0) is 40.1. The van der Waals surface area contributed by atoms with Gasteiger partial charge in [0.25, 0.3) is 11.8 Å². The lowest BCUT2D eigenvalue weighted by atomic mass is 9.49. The number of alkyl halides is 6. The number of phenols is 1. The number of aromatic hydroxyl groups is 1. The highest BCUT2D eigenvalue weighted by molar-refractivity contribution is 6.22. The average Bonchev–Trinajstić information content (AvgIpc) is 3.54. The van der Waals surface area contributed by atoms with E-state index in [-0.39, 0.29) is 30.0 Å². The Labute approximate surface area is 314 Å². The molecule has 2 aliphatic carbocycles. The Morgan fingerprint density at radius 1 is 0.768 bits per heavy atom. The maximum absolute atomic E-state index is 15.3. The van der Waals surface area contributed by atoms with Gasteiger partial charge in [-0.2, -0.15) is 31.4 Å². The maximum atomic E-state index is 15.3. The summed E-state index contributed by atoms with van der Waals surface area (Å²) in [7, 11) is 0. The Hall–Kier alpha value is -5.99. The number of nitrogens with zero attached hydrogens (tertiary/aromatic N) is 2. The average molecular weight is 778 g/mol. The van der Waals surface area contributed by atoms with Crippen LogP contribution in [0, 0.1) is 36.4 Å². The molecule has 0 spiro atoms. The Kier molecular flexibility index (Phi) is 8.44. The molecule has 288 valence electrons. The Morgan fingerprint density at radius 2 is 1.41 bits per heavy atom. The van der Waals surface area contributed by atoms with E-state index in [0.717, 1.165) is 16.6 Å². The fourth-order valence-electron chi connectivity index (χ4n) is 9.18. The number of rotatable bonds is 5. The van der Waals surface area contributed by atoms with Gasteiger partial charge in [0.15, 0.2) is 11.6 Å². The van der Waals surface area contributed by atoms with Gasteiger partial charge in [-0.15, -0.1) is 0 Å². The molecule has 3 fully saturated rings. The zero-order valence-corrected chi connectivity index (χ0v) is 29.2. The van der Waals surface area contributed by atoms with E-state index in [1.807, 2.05) is 6.92 Å². The molecule has 0 aromatic heterocycles. The molecule has 2 saturated heterocycles. The van der Waals surface area contributed by atoms with E-state index in [4.69, 9.17) is 0 Å². The van der Waals surface area contributed by atoms with Gasteiger partial charge in [-0.3, -0.25) is 24.6 Å². The molecule has 0 radical (unpaired) electrons. The molecule has 15 heteroatoms. The van der Waals surface area contributed by atoms with Gasteiger partial charge >= 0.3 is 12.4 Å². The van der Waals surface area contributed by atoms with Crippen LogP contribution in [0.3, 0.4) is 0 Å². The summed E-state index contributed by atoms with van der Waals surface area (Å²) >= 11 is 0. The van der Waals surface area contributed by atoms with Gasteiger partial charge in [0.1, 0.15) is 0 Å². The minimum atomic E-state index is -5.26. The summed E-state index contributed by atoms with van der Waals surface area (Å²) in [4.78, 5) is 58.6. The van der Waals surface area contributed by atoms with Crippen LogP contribution in [0.1, 0.15) is 46.6 Å². The predicted octanol–water partition coefficient (Wildman–Crippen LogP) is 8.07. The van der Waals surface area contributed by atoms with Crippen LogP contribution in [0.25, 0.3) is 0 Å². The molecule has 1 saturated carbocycles. The number of para-hydroxylation sites is 1. The van der Waals surface area contributed by atoms with E-state index >= 15 is 9.18 Å². The number of benzene rings is 4. The lowest BCUT2D eigenvalue weighted by molar-refractivity contribution is -0.143. The molecule has 56 heavy (non-hydrogen) atoms. The highest BCUT2D eigenvalue weighted by Gasteiger charge is 2.70. The number of halogens is 7. The Morgan fingerprint density at radius 3 is 2.04 bits per heavy atom. The third kappa shape index (κ3) is 5.49. The Balaban J connectivity index is 1.31. The number of nitrogens with one attached hydrogen (secondary N) is 1. The smallest absolute Gasteiger partial charge is 0.416 e. The monoisotopic (exact) mass is 777 g/mol. The van der Waals surface area contributed by atoms with Gasteiger partial charge in [0.2, 0.25) is 11.8 Å². The summed E-state index contributed by atoms with van der Waals surface area (Å²) in [6, 6.07) is 19.1. The van der Waals surface area contributed by atoms with E-state index in [1.165, 1.54) is 12.1 Å². The van der Waals surface area contributed by atoms with E-state index in [9.17, 15) is 45.8 Å². The number of anilines is 2. The number of phenolic OH excluding ortho intramolecular Hbond substituents is 1. The Bertz CT molecular complexity index is 2310. The number of aryl methyl sites for hydroxylation is 1. The third-order valence-corrected chi connectivity index (χ3v) is 11.6. The highest BCUT2D eigenvalue weighted by Crippen LogP contribution is 2.65. The second-order valence-electron chi connectivity index (χ2n) is 14.5. The van der Waals surface area contributed by atoms with Crippen molar-refractivity contribution in [3.63, 3.8) is 0 Å². The summed E-state index contributed by atoms with van der Waals surface area (Å²) in [6.45, 7) is 1.84. The highest BCUT2D eigenvalue weighted by atomic mass is 19.4. The number of allylic oxidation sites excluding steroid dienone is 2. The fourth-order valence-corrected chi connectivity index (χ4v) is 9.18. The minimum Gasteiger partial charge on any atom is -0.505 e. The molecule has 2 heterocycles. The van der Waals surface area contributed by atoms with E-state index in [1.54, 1.807) is 60.7 Å². The van der Waals surface area contributed by atoms with Crippen LogP contribution < -0.4 is 10.3 Å². The quantitative estimate of drug-likeness (QED) is 0.121. The van der Waals surface area contributed by atoms with E-state index < -0.39 is 99.4 Å². The minimum absolute atomic E-state index is 0.104. The third-order valence-electron chi connectivity index (χ3n) is 11.6. The molecule has 8 rings (SSSR count). The van der Waals surface area contributed by atoms with E-state index in [0.29, 0.717) is 28.3 Å². The summed E-state index contributed by atoms with van der Waals surface area (Å²) in [5.74, 6) is -12.0. The van der Waals surface area contributed by atoms with Gasteiger partial charge < -0.3 is 5.11 Å². The fraction of sp³-hybridized carbons (Fsp3) is 0.268. The first-order valence-electron chi connectivity index (χ1n) is 17.6. The number of hydrazine groups is 1. The van der Waals surface area contributed by atoms with E-state index in [2.05, 4.69) is 5.43 Å². The molecular weight excluding hydrogens is 747 g/mol. The van der Waals surface area contributed by atoms with Gasteiger partial charge in [0, 0.05) is 11.5 Å². The van der Waals surface area contributed by atoms with Crippen molar-refractivity contribution in [1.29, 1.82) is 0 Å². The van der Waals surface area contributed by atoms with Crippen molar-refractivity contribution in [2.45, 2.75) is 43.5 Å². The topological polar surface area (TPSA) is 107 Å². The number of hydrogen-bond donors (Lipinski definition) is 2. The first-order valence-corrected chi connectivity index (χ1v) is 17.6. The van der Waals surface area contributed by atoms with Crippen LogP contribution in [-0.2, 0) is 36.9 Å². The molecule has 4 aromatic rings. The number of carbonyl (C=O) groups excluding carboxylic acids is 4. The van der Waals surface area contributed by atoms with Gasteiger partial charge in [-0.05, 0) is 67.6 Å².